The molecule has 12 nitrogen and oxygen atoms in total. The Morgan fingerprint density at radius 3 is 2.35 bits per heavy atom. The Morgan fingerprint density at radius 2 is 1.76 bits per heavy atom. The average molecular weight is 656 g/mol. The number of amides is 1. The van der Waals surface area contributed by atoms with E-state index in [-0.39, 0.29) is 36.8 Å². The number of halogens is 1. The number of aliphatic hydroxyl groups is 1. The van der Waals surface area contributed by atoms with Gasteiger partial charge in [-0.15, -0.1) is 0 Å². The van der Waals surface area contributed by atoms with Gasteiger partial charge < -0.3 is 33.7 Å². The number of fused-ring (bicyclic) bond motifs is 1. The Morgan fingerprint density at radius 1 is 1.11 bits per heavy atom. The number of alkyl halides is 1. The van der Waals surface area contributed by atoms with Crippen molar-refractivity contribution in [2.45, 2.75) is 134 Å². The summed E-state index contributed by atoms with van der Waals surface area (Å²) in [6, 6.07) is -0.867. The fraction of sp³-hybridized carbons (Fsp3) is 0.879. The average Bonchev–Trinajstić information content (AvgIpc) is 3.11. The van der Waals surface area contributed by atoms with Crippen LogP contribution in [0.5, 0.6) is 0 Å². The minimum Gasteiger partial charge on any atom is -0.455 e. The lowest BCUT2D eigenvalue weighted by atomic mass is 9.73. The highest BCUT2D eigenvalue weighted by Gasteiger charge is 2.61. The van der Waals surface area contributed by atoms with E-state index in [4.69, 9.17) is 28.7 Å². The van der Waals surface area contributed by atoms with Crippen molar-refractivity contribution < 1.29 is 47.6 Å². The third-order valence-corrected chi connectivity index (χ3v) is 10.9. The Bertz CT molecular complexity index is 1200. The summed E-state index contributed by atoms with van der Waals surface area (Å²) in [7, 11) is 5.19. The van der Waals surface area contributed by atoms with Crippen molar-refractivity contribution in [2.75, 3.05) is 34.3 Å². The van der Waals surface area contributed by atoms with Gasteiger partial charge in [0.2, 0.25) is 0 Å². The Balaban J connectivity index is 1.84. The van der Waals surface area contributed by atoms with Crippen LogP contribution >= 0.6 is 0 Å². The predicted octanol–water partition coefficient (Wildman–Crippen LogP) is 3.17. The molecule has 4 heterocycles. The number of likely N-dealkylation sites (N-methyl/N-ethyl adjacent to an activating group) is 1. The first-order valence-electron chi connectivity index (χ1n) is 16.5. The maximum absolute atomic E-state index is 16.6. The van der Waals surface area contributed by atoms with Gasteiger partial charge in [-0.1, -0.05) is 27.7 Å². The van der Waals surface area contributed by atoms with Crippen LogP contribution in [0.4, 0.5) is 9.18 Å². The lowest BCUT2D eigenvalue weighted by molar-refractivity contribution is -0.295. The van der Waals surface area contributed by atoms with Crippen LogP contribution < -0.4 is 0 Å². The molecule has 0 aliphatic carbocycles. The van der Waals surface area contributed by atoms with Gasteiger partial charge in [0, 0.05) is 37.2 Å². The number of ether oxygens (including phenoxy) is 5. The number of nitrogens with zero attached hydrogens (tertiary/aromatic N) is 3. The Kier molecular flexibility index (Phi) is 10.7. The molecule has 1 amide bonds. The molecule has 0 radical (unpaired) electrons. The quantitative estimate of drug-likeness (QED) is 0.348. The summed E-state index contributed by atoms with van der Waals surface area (Å²) >= 11 is 0. The van der Waals surface area contributed by atoms with E-state index < -0.39 is 71.3 Å². The second-order valence-corrected chi connectivity index (χ2v) is 14.5. The van der Waals surface area contributed by atoms with Crippen LogP contribution in [-0.2, 0) is 33.3 Å². The molecule has 1 N–H and O–H groups in total. The fourth-order valence-corrected chi connectivity index (χ4v) is 8.31. The smallest absolute Gasteiger partial charge is 0.410 e. The van der Waals surface area contributed by atoms with E-state index in [1.807, 2.05) is 39.8 Å². The van der Waals surface area contributed by atoms with Gasteiger partial charge in [-0.2, -0.15) is 0 Å². The normalized spacial score (nSPS) is 45.9. The molecule has 3 saturated heterocycles. The summed E-state index contributed by atoms with van der Waals surface area (Å²) in [5, 5.41) is 11.3. The number of aliphatic imine (C=N–C) groups is 1. The predicted molar refractivity (Wildman–Crippen MR) is 167 cm³/mol. The highest BCUT2D eigenvalue weighted by atomic mass is 19.1. The van der Waals surface area contributed by atoms with E-state index in [2.05, 4.69) is 0 Å². The molecular formula is C33H54FN3O9. The van der Waals surface area contributed by atoms with Crippen molar-refractivity contribution >= 4 is 23.6 Å². The van der Waals surface area contributed by atoms with E-state index in [1.54, 1.807) is 25.7 Å². The van der Waals surface area contributed by atoms with Gasteiger partial charge in [0.25, 0.3) is 5.67 Å². The third kappa shape index (κ3) is 6.34. The SMILES string of the molecule is CC[C@H]1OC(=O)C(C)(F)C(=O)[C@H](C)[C@@H](O[C@@H]2O[C@H](C)C[C@H](N(C)C)[C@H]2O)[C@](C)(OC)C[C@@H](C)C2=NCCN3C(=O)O[C@@]1(C)[C@@H]3[C@@H]2C. The van der Waals surface area contributed by atoms with E-state index in [1.165, 1.54) is 14.0 Å². The number of carbonyl (C=O) groups is 3. The minimum atomic E-state index is -3.08. The highest BCUT2D eigenvalue weighted by Crippen LogP contribution is 2.44. The van der Waals surface area contributed by atoms with Crippen LogP contribution in [0, 0.1) is 17.8 Å². The molecule has 0 aromatic heterocycles. The molecule has 3 fully saturated rings. The Hall–Kier alpha value is -2.19. The maximum Gasteiger partial charge on any atom is 0.410 e. The largest absolute Gasteiger partial charge is 0.455 e. The zero-order chi connectivity index (χ0) is 34.5. The van der Waals surface area contributed by atoms with Crippen molar-refractivity contribution in [2.24, 2.45) is 22.7 Å². The number of esters is 1. The van der Waals surface area contributed by atoms with Crippen LogP contribution in [0.25, 0.3) is 0 Å². The lowest BCUT2D eigenvalue weighted by Crippen LogP contribution is -2.61. The monoisotopic (exact) mass is 655 g/mol. The lowest BCUT2D eigenvalue weighted by Gasteiger charge is -2.47. The van der Waals surface area contributed by atoms with E-state index in [0.29, 0.717) is 19.5 Å². The molecule has 1 unspecified atom stereocenters. The van der Waals surface area contributed by atoms with Crippen LogP contribution in [0.15, 0.2) is 4.99 Å². The molecule has 13 atom stereocenters. The van der Waals surface area contributed by atoms with Gasteiger partial charge >= 0.3 is 12.1 Å². The van der Waals surface area contributed by atoms with Crippen LogP contribution in [0.1, 0.15) is 74.7 Å². The van der Waals surface area contributed by atoms with E-state index >= 15 is 4.39 Å². The maximum atomic E-state index is 16.6. The standard InChI is InChI=1S/C33H54FN3O9/c1-12-22-33(8)25-19(4)23(35-13-14-37(25)30(41)46-33)17(2)16-31(6,42-11)27(20(5)26(39)32(7,34)29(40)44-22)45-28-24(38)21(36(9)10)15-18(3)43-28/h17-22,24-25,27-28,38H,12-16H2,1-11H3/t17-,18-,19-,20+,21+,22-,24-,25+,27-,28+,31-,32?,33-/m1/s1. The zero-order valence-corrected chi connectivity index (χ0v) is 29.2. The third-order valence-electron chi connectivity index (χ3n) is 10.9. The first-order valence-corrected chi connectivity index (χ1v) is 16.5. The zero-order valence-electron chi connectivity index (χ0n) is 29.2. The van der Waals surface area contributed by atoms with Crippen molar-refractivity contribution in [3.63, 3.8) is 0 Å². The van der Waals surface area contributed by atoms with Crippen LogP contribution in [0.2, 0.25) is 0 Å². The molecule has 262 valence electrons. The van der Waals surface area contributed by atoms with Crippen molar-refractivity contribution in [1.82, 2.24) is 9.80 Å². The van der Waals surface area contributed by atoms with Crippen LogP contribution in [-0.4, -0.2) is 132 Å². The summed E-state index contributed by atoms with van der Waals surface area (Å²) in [6.45, 7) is 14.1. The number of hydrogen-bond acceptors (Lipinski definition) is 11. The number of hydrogen-bond donors (Lipinski definition) is 1. The molecule has 13 heteroatoms. The summed E-state index contributed by atoms with van der Waals surface area (Å²) < 4.78 is 47.0. The van der Waals surface area contributed by atoms with Crippen molar-refractivity contribution in [3.05, 3.63) is 0 Å². The van der Waals surface area contributed by atoms with Crippen molar-refractivity contribution in [1.29, 1.82) is 0 Å². The van der Waals surface area contributed by atoms with Gasteiger partial charge in [-0.25, -0.2) is 14.0 Å². The molecule has 4 rings (SSSR count). The highest BCUT2D eigenvalue weighted by molar-refractivity contribution is 6.08. The summed E-state index contributed by atoms with van der Waals surface area (Å²) in [6.07, 6.45) is -4.22. The van der Waals surface area contributed by atoms with Crippen LogP contribution in [0.3, 0.4) is 0 Å². The van der Waals surface area contributed by atoms with E-state index in [0.717, 1.165) is 12.6 Å². The van der Waals surface area contributed by atoms with Crippen molar-refractivity contribution in [3.8, 4) is 0 Å². The molecule has 2 bridgehead atoms. The Labute approximate surface area is 272 Å². The number of Topliss-reactive ketones (excluding diaryl/α,β-unsaturated/α-hetero) is 1. The molecule has 4 aliphatic heterocycles. The number of aliphatic hydroxyl groups excluding tert-OH is 1. The van der Waals surface area contributed by atoms with Gasteiger partial charge in [-0.05, 0) is 67.0 Å². The second-order valence-electron chi connectivity index (χ2n) is 14.5. The summed E-state index contributed by atoms with van der Waals surface area (Å²) in [5.41, 5.74) is -4.83. The topological polar surface area (TPSA) is 136 Å². The number of carbonyl (C=O) groups excluding carboxylic acids is 3. The van der Waals surface area contributed by atoms with Gasteiger partial charge in [0.05, 0.1) is 30.4 Å². The van der Waals surface area contributed by atoms with Gasteiger partial charge in [0.1, 0.15) is 12.2 Å². The van der Waals surface area contributed by atoms with Gasteiger partial charge in [-0.3, -0.25) is 14.7 Å². The first kappa shape index (κ1) is 36.6. The number of methoxy groups -OCH3 is 1. The molecule has 0 saturated carbocycles. The number of rotatable bonds is 5. The van der Waals surface area contributed by atoms with Gasteiger partial charge in [0.15, 0.2) is 17.7 Å². The van der Waals surface area contributed by atoms with E-state index in [9.17, 15) is 19.5 Å². The number of ketones is 1. The molecule has 46 heavy (non-hydrogen) atoms. The number of cyclic esters (lactones) is 1. The molecule has 0 aromatic rings. The molecule has 0 aromatic carbocycles. The first-order chi connectivity index (χ1) is 21.3. The molecular weight excluding hydrogens is 601 g/mol. The summed E-state index contributed by atoms with van der Waals surface area (Å²) in [4.78, 5) is 49.3. The molecule has 4 aliphatic rings. The minimum absolute atomic E-state index is 0.212. The second kappa shape index (κ2) is 13.4. The molecule has 0 spiro atoms. The summed E-state index contributed by atoms with van der Waals surface area (Å²) in [5.74, 6) is -4.26. The fourth-order valence-electron chi connectivity index (χ4n) is 8.31.